The monoisotopic (exact) mass is 260 g/mol. The molecule has 0 bridgehead atoms. The second kappa shape index (κ2) is 5.38. The Bertz CT molecular complexity index is 607. The maximum atomic E-state index is 11.8. The van der Waals surface area contributed by atoms with Crippen LogP contribution in [-0.2, 0) is 9.53 Å². The van der Waals surface area contributed by atoms with Crippen LogP contribution in [0.5, 0.6) is 0 Å². The third kappa shape index (κ3) is 2.82. The van der Waals surface area contributed by atoms with Gasteiger partial charge in [-0.1, -0.05) is 0 Å². The number of hydrogen-bond donors (Lipinski definition) is 0. The number of rotatable bonds is 4. The summed E-state index contributed by atoms with van der Waals surface area (Å²) in [6, 6.07) is 1.69. The number of esters is 1. The maximum absolute atomic E-state index is 11.8. The third-order valence-electron chi connectivity index (χ3n) is 2.46. The molecule has 2 heterocycles. The second-order valence-corrected chi connectivity index (χ2v) is 3.81. The average molecular weight is 260 g/mol. The maximum Gasteiger partial charge on any atom is 0.303 e. The van der Waals surface area contributed by atoms with E-state index >= 15 is 0 Å². The van der Waals surface area contributed by atoms with Gasteiger partial charge in [0.15, 0.2) is 6.61 Å². The van der Waals surface area contributed by atoms with Gasteiger partial charge in [-0.15, -0.1) is 0 Å². The van der Waals surface area contributed by atoms with E-state index in [0.717, 1.165) is 0 Å². The van der Waals surface area contributed by atoms with Crippen LogP contribution in [0.2, 0.25) is 0 Å². The molecule has 0 spiro atoms. The van der Waals surface area contributed by atoms with E-state index in [1.165, 1.54) is 17.8 Å². The molecule has 0 saturated carbocycles. The number of hydrogen-bond acceptors (Lipinski definition) is 6. The van der Waals surface area contributed by atoms with Gasteiger partial charge >= 0.3 is 5.97 Å². The van der Waals surface area contributed by atoms with Crippen molar-refractivity contribution in [3.63, 3.8) is 0 Å². The molecule has 0 aromatic carbocycles. The summed E-state index contributed by atoms with van der Waals surface area (Å²) in [5, 5.41) is 4.06. The summed E-state index contributed by atoms with van der Waals surface area (Å²) in [6.07, 6.45) is 4.59. The van der Waals surface area contributed by atoms with Crippen molar-refractivity contribution in [1.29, 1.82) is 0 Å². The first-order valence-electron chi connectivity index (χ1n) is 5.58. The summed E-state index contributed by atoms with van der Waals surface area (Å²) in [4.78, 5) is 30.6. The number of nitrogens with zero attached hydrogens (tertiary/aromatic N) is 4. The Morgan fingerprint density at radius 2 is 2.00 bits per heavy atom. The molecule has 0 unspecified atom stereocenters. The predicted molar refractivity (Wildman–Crippen MR) is 64.9 cm³/mol. The highest BCUT2D eigenvalue weighted by atomic mass is 16.5. The molecule has 0 aliphatic carbocycles. The number of carbonyl (C=O) groups is 2. The van der Waals surface area contributed by atoms with E-state index in [9.17, 15) is 9.59 Å². The summed E-state index contributed by atoms with van der Waals surface area (Å²) in [6.45, 7) is 2.68. The van der Waals surface area contributed by atoms with Crippen molar-refractivity contribution in [1.82, 2.24) is 19.7 Å². The molecule has 0 aliphatic rings. The van der Waals surface area contributed by atoms with Crippen LogP contribution in [0.3, 0.4) is 0 Å². The minimum absolute atomic E-state index is 0.294. The zero-order valence-corrected chi connectivity index (χ0v) is 10.5. The first-order chi connectivity index (χ1) is 9.09. The normalized spacial score (nSPS) is 10.2. The molecule has 0 atom stereocenters. The highest BCUT2D eigenvalue weighted by molar-refractivity contribution is 5.98. The molecular weight excluding hydrogens is 248 g/mol. The van der Waals surface area contributed by atoms with Crippen molar-refractivity contribution in [2.75, 3.05) is 6.61 Å². The molecular formula is C12H12N4O3. The number of ketones is 1. The molecule has 0 fully saturated rings. The number of Topliss-reactive ketones (excluding diaryl/α,β-unsaturated/α-hetero) is 1. The van der Waals surface area contributed by atoms with Crippen LogP contribution in [0.15, 0.2) is 24.7 Å². The molecule has 19 heavy (non-hydrogen) atoms. The molecule has 0 radical (unpaired) electrons. The average Bonchev–Trinajstić information content (AvgIpc) is 2.79. The lowest BCUT2D eigenvalue weighted by molar-refractivity contribution is -0.139. The molecule has 7 nitrogen and oxygen atoms in total. The van der Waals surface area contributed by atoms with Gasteiger partial charge in [0.2, 0.25) is 5.78 Å². The van der Waals surface area contributed by atoms with Crippen molar-refractivity contribution in [2.45, 2.75) is 13.8 Å². The highest BCUT2D eigenvalue weighted by Crippen LogP contribution is 2.11. The number of aromatic nitrogens is 4. The van der Waals surface area contributed by atoms with E-state index < -0.39 is 5.97 Å². The molecule has 0 aliphatic heterocycles. The topological polar surface area (TPSA) is 87.0 Å². The van der Waals surface area contributed by atoms with Gasteiger partial charge in [0.1, 0.15) is 0 Å². The standard InChI is InChI=1S/C12H12N4O3/c1-8-10(11(18)7-19-9(2)17)6-15-16(8)12-13-4-3-5-14-12/h3-6H,7H2,1-2H3. The Balaban J connectivity index is 2.24. The van der Waals surface area contributed by atoms with Crippen LogP contribution in [-0.4, -0.2) is 38.1 Å². The minimum atomic E-state index is -0.496. The van der Waals surface area contributed by atoms with Gasteiger partial charge < -0.3 is 4.74 Å². The first kappa shape index (κ1) is 12.9. The van der Waals surface area contributed by atoms with Gasteiger partial charge in [-0.05, 0) is 13.0 Å². The molecule has 0 amide bonds. The zero-order valence-electron chi connectivity index (χ0n) is 10.5. The number of ether oxygens (including phenoxy) is 1. The van der Waals surface area contributed by atoms with Crippen LogP contribution in [0, 0.1) is 6.92 Å². The summed E-state index contributed by atoms with van der Waals surface area (Å²) >= 11 is 0. The fraction of sp³-hybridized carbons (Fsp3) is 0.250. The number of carbonyl (C=O) groups excluding carboxylic acids is 2. The summed E-state index contributed by atoms with van der Waals surface area (Å²) in [5.74, 6) is -0.425. The third-order valence-corrected chi connectivity index (χ3v) is 2.46. The van der Waals surface area contributed by atoms with Crippen molar-refractivity contribution in [3.8, 4) is 5.95 Å². The predicted octanol–water partition coefficient (Wildman–Crippen LogP) is 0.717. The summed E-state index contributed by atoms with van der Waals surface area (Å²) in [7, 11) is 0. The molecule has 2 aromatic heterocycles. The van der Waals surface area contributed by atoms with Crippen LogP contribution in [0.4, 0.5) is 0 Å². The largest absolute Gasteiger partial charge is 0.457 e. The van der Waals surface area contributed by atoms with Crippen molar-refractivity contribution < 1.29 is 14.3 Å². The van der Waals surface area contributed by atoms with Crippen molar-refractivity contribution in [3.05, 3.63) is 35.9 Å². The van der Waals surface area contributed by atoms with Gasteiger partial charge in [-0.25, -0.2) is 14.6 Å². The quantitative estimate of drug-likeness (QED) is 0.594. The van der Waals surface area contributed by atoms with E-state index in [-0.39, 0.29) is 12.4 Å². The Labute approximate surface area is 109 Å². The van der Waals surface area contributed by atoms with E-state index in [1.807, 2.05) is 0 Å². The minimum Gasteiger partial charge on any atom is -0.457 e. The lowest BCUT2D eigenvalue weighted by atomic mass is 10.2. The van der Waals surface area contributed by atoms with Crippen LogP contribution >= 0.6 is 0 Å². The van der Waals surface area contributed by atoms with Crippen LogP contribution in [0.25, 0.3) is 5.95 Å². The Morgan fingerprint density at radius 1 is 1.32 bits per heavy atom. The molecule has 7 heteroatoms. The smallest absolute Gasteiger partial charge is 0.303 e. The molecule has 98 valence electrons. The van der Waals surface area contributed by atoms with Crippen molar-refractivity contribution >= 4 is 11.8 Å². The van der Waals surface area contributed by atoms with E-state index in [4.69, 9.17) is 0 Å². The van der Waals surface area contributed by atoms with Gasteiger partial charge in [-0.3, -0.25) is 9.59 Å². The van der Waals surface area contributed by atoms with Crippen molar-refractivity contribution in [2.24, 2.45) is 0 Å². The van der Waals surface area contributed by atoms with Gasteiger partial charge in [-0.2, -0.15) is 5.10 Å². The Morgan fingerprint density at radius 3 is 2.63 bits per heavy atom. The van der Waals surface area contributed by atoms with E-state index in [2.05, 4.69) is 19.8 Å². The summed E-state index contributed by atoms with van der Waals surface area (Å²) in [5.41, 5.74) is 0.983. The lowest BCUT2D eigenvalue weighted by Gasteiger charge is -2.03. The molecule has 2 aromatic rings. The second-order valence-electron chi connectivity index (χ2n) is 3.81. The molecule has 0 saturated heterocycles. The van der Waals surface area contributed by atoms with E-state index in [0.29, 0.717) is 17.2 Å². The van der Waals surface area contributed by atoms with Gasteiger partial charge in [0.25, 0.3) is 5.95 Å². The molecule has 2 rings (SSSR count). The Kier molecular flexibility index (Phi) is 3.65. The zero-order chi connectivity index (χ0) is 13.8. The first-order valence-corrected chi connectivity index (χ1v) is 5.58. The summed E-state index contributed by atoms with van der Waals surface area (Å²) < 4.78 is 6.13. The van der Waals surface area contributed by atoms with Crippen LogP contribution < -0.4 is 0 Å². The SMILES string of the molecule is CC(=O)OCC(=O)c1cnn(-c2ncccn2)c1C. The van der Waals surface area contributed by atoms with E-state index in [1.54, 1.807) is 25.4 Å². The van der Waals surface area contributed by atoms with Gasteiger partial charge in [0.05, 0.1) is 17.5 Å². The Hall–Kier alpha value is -2.57. The fourth-order valence-electron chi connectivity index (χ4n) is 1.53. The molecule has 0 N–H and O–H groups in total. The lowest BCUT2D eigenvalue weighted by Crippen LogP contribution is -2.13. The highest BCUT2D eigenvalue weighted by Gasteiger charge is 2.16. The fourth-order valence-corrected chi connectivity index (χ4v) is 1.53. The van der Waals surface area contributed by atoms with Gasteiger partial charge in [0, 0.05) is 19.3 Å². The van der Waals surface area contributed by atoms with Crippen LogP contribution in [0.1, 0.15) is 23.0 Å².